The van der Waals surface area contributed by atoms with Gasteiger partial charge in [-0.15, -0.1) is 0 Å². The van der Waals surface area contributed by atoms with Gasteiger partial charge in [-0.25, -0.2) is 0 Å². The smallest absolute Gasteiger partial charge is 0.0882 e. The van der Waals surface area contributed by atoms with Crippen LogP contribution in [-0.2, 0) is 4.74 Å². The highest BCUT2D eigenvalue weighted by Crippen LogP contribution is 2.64. The molecule has 0 saturated heterocycles. The monoisotopic (exact) mass is 318 g/mol. The molecule has 130 valence electrons. The van der Waals surface area contributed by atoms with Gasteiger partial charge >= 0.3 is 0 Å². The Balaban J connectivity index is 1.51. The first-order valence-corrected chi connectivity index (χ1v) is 9.86. The number of hydrogen-bond acceptors (Lipinski definition) is 2. The van der Waals surface area contributed by atoms with Crippen LogP contribution in [0, 0.1) is 35.0 Å². The zero-order valence-corrected chi connectivity index (χ0v) is 15.0. The van der Waals surface area contributed by atoms with Crippen molar-refractivity contribution in [2.45, 2.75) is 70.3 Å². The molecule has 0 aromatic rings. The maximum atomic E-state index is 10.8. The van der Waals surface area contributed by atoms with E-state index in [2.05, 4.69) is 13.5 Å². The average Bonchev–Trinajstić information content (AvgIpc) is 2.82. The Morgan fingerprint density at radius 2 is 1.87 bits per heavy atom. The third-order valence-corrected chi connectivity index (χ3v) is 8.47. The van der Waals surface area contributed by atoms with Crippen LogP contribution in [-0.4, -0.2) is 24.4 Å². The molecule has 2 nitrogen and oxygen atoms in total. The molecule has 1 unspecified atom stereocenters. The summed E-state index contributed by atoms with van der Waals surface area (Å²) in [5.41, 5.74) is 1.44. The van der Waals surface area contributed by atoms with E-state index in [0.29, 0.717) is 12.0 Å². The molecule has 0 amide bonds. The van der Waals surface area contributed by atoms with Crippen LogP contribution in [0.15, 0.2) is 12.2 Å². The van der Waals surface area contributed by atoms with E-state index in [4.69, 9.17) is 4.74 Å². The van der Waals surface area contributed by atoms with E-state index in [1.54, 1.807) is 12.7 Å². The molecule has 2 heteroatoms. The number of allylic oxidation sites excluding steroid dienone is 1. The quantitative estimate of drug-likeness (QED) is 0.756. The number of hydrogen-bond donors (Lipinski definition) is 1. The van der Waals surface area contributed by atoms with Gasteiger partial charge in [-0.05, 0) is 92.8 Å². The van der Waals surface area contributed by atoms with Crippen molar-refractivity contribution in [1.29, 1.82) is 0 Å². The van der Waals surface area contributed by atoms with Crippen molar-refractivity contribution >= 4 is 0 Å². The van der Waals surface area contributed by atoms with Crippen molar-refractivity contribution in [3.63, 3.8) is 0 Å². The van der Waals surface area contributed by atoms with E-state index in [9.17, 15) is 5.11 Å². The Hall–Kier alpha value is -0.340. The van der Waals surface area contributed by atoms with Gasteiger partial charge in [-0.2, -0.15) is 0 Å². The molecule has 0 bridgehead atoms. The highest BCUT2D eigenvalue weighted by atomic mass is 16.5. The topological polar surface area (TPSA) is 29.5 Å². The first-order valence-electron chi connectivity index (χ1n) is 9.86. The molecule has 7 atom stereocenters. The van der Waals surface area contributed by atoms with E-state index in [-0.39, 0.29) is 0 Å². The van der Waals surface area contributed by atoms with Gasteiger partial charge in [0, 0.05) is 7.11 Å². The minimum absolute atomic E-state index is 0.444. The Morgan fingerprint density at radius 3 is 2.65 bits per heavy atom. The summed E-state index contributed by atoms with van der Waals surface area (Å²) >= 11 is 0. The Kier molecular flexibility index (Phi) is 3.93. The van der Waals surface area contributed by atoms with Crippen molar-refractivity contribution in [2.75, 3.05) is 13.7 Å². The number of methoxy groups -OCH3 is 1. The van der Waals surface area contributed by atoms with Crippen molar-refractivity contribution in [2.24, 2.45) is 35.0 Å². The summed E-state index contributed by atoms with van der Waals surface area (Å²) in [5, 5.41) is 10.8. The standard InChI is InChI=1S/C21H34O2/c1-14-4-7-19-18-6-5-15-12-21(22,13-23-3)11-9-16(15)17(18)8-10-20(14,19)2/h15-19,22H,1,4-13H2,2-3H3/t15?,16-,17+,18+,19-,20+,21+/m0/s1. The third kappa shape index (κ3) is 2.43. The maximum absolute atomic E-state index is 10.8. The molecule has 0 aromatic carbocycles. The van der Waals surface area contributed by atoms with Crippen molar-refractivity contribution in [1.82, 2.24) is 0 Å². The van der Waals surface area contributed by atoms with E-state index < -0.39 is 5.60 Å². The van der Waals surface area contributed by atoms with Crippen LogP contribution in [0.2, 0.25) is 0 Å². The maximum Gasteiger partial charge on any atom is 0.0882 e. The molecule has 0 aliphatic heterocycles. The molecule has 0 spiro atoms. The minimum Gasteiger partial charge on any atom is -0.387 e. The Bertz CT molecular complexity index is 486. The minimum atomic E-state index is -0.548. The van der Waals surface area contributed by atoms with Gasteiger partial charge in [0.1, 0.15) is 0 Å². The van der Waals surface area contributed by atoms with Gasteiger partial charge in [0.15, 0.2) is 0 Å². The highest BCUT2D eigenvalue weighted by Gasteiger charge is 2.55. The van der Waals surface area contributed by atoms with Gasteiger partial charge < -0.3 is 9.84 Å². The van der Waals surface area contributed by atoms with Crippen LogP contribution >= 0.6 is 0 Å². The van der Waals surface area contributed by atoms with Gasteiger partial charge in [-0.1, -0.05) is 19.1 Å². The molecule has 0 radical (unpaired) electrons. The summed E-state index contributed by atoms with van der Waals surface area (Å²) in [6.45, 7) is 7.45. The molecule has 4 fully saturated rings. The Labute approximate surface area is 141 Å². The van der Waals surface area contributed by atoms with Gasteiger partial charge in [-0.3, -0.25) is 0 Å². The lowest BCUT2D eigenvalue weighted by Gasteiger charge is -2.56. The van der Waals surface area contributed by atoms with Crippen LogP contribution in [0.5, 0.6) is 0 Å². The second-order valence-corrected chi connectivity index (χ2v) is 9.43. The zero-order valence-electron chi connectivity index (χ0n) is 15.0. The molecular formula is C21H34O2. The highest BCUT2D eigenvalue weighted by molar-refractivity contribution is 5.20. The van der Waals surface area contributed by atoms with Crippen LogP contribution in [0.4, 0.5) is 0 Å². The Morgan fingerprint density at radius 1 is 1.09 bits per heavy atom. The van der Waals surface area contributed by atoms with Gasteiger partial charge in [0.2, 0.25) is 0 Å². The molecule has 4 aliphatic rings. The summed E-state index contributed by atoms with van der Waals surface area (Å²) in [5.74, 6) is 4.35. The van der Waals surface area contributed by atoms with Crippen molar-refractivity contribution < 1.29 is 9.84 Å². The van der Waals surface area contributed by atoms with Gasteiger partial charge in [0.05, 0.1) is 12.2 Å². The summed E-state index contributed by atoms with van der Waals surface area (Å²) in [6.07, 6.45) is 11.3. The molecule has 0 aromatic heterocycles. The first kappa shape index (κ1) is 16.1. The normalized spacial score (nSPS) is 52.7. The fourth-order valence-electron chi connectivity index (χ4n) is 7.27. The first-order chi connectivity index (χ1) is 11.0. The fraction of sp³-hybridized carbons (Fsp3) is 0.905. The molecule has 4 saturated carbocycles. The fourth-order valence-corrected chi connectivity index (χ4v) is 7.27. The predicted octanol–water partition coefficient (Wildman–Crippen LogP) is 4.57. The third-order valence-electron chi connectivity index (χ3n) is 8.47. The van der Waals surface area contributed by atoms with Crippen LogP contribution in [0.3, 0.4) is 0 Å². The van der Waals surface area contributed by atoms with E-state index >= 15 is 0 Å². The number of aliphatic hydroxyl groups is 1. The molecular weight excluding hydrogens is 284 g/mol. The van der Waals surface area contributed by atoms with Crippen molar-refractivity contribution in [3.8, 4) is 0 Å². The molecule has 0 heterocycles. The number of ether oxygens (including phenoxy) is 1. The molecule has 1 N–H and O–H groups in total. The predicted molar refractivity (Wildman–Crippen MR) is 93.1 cm³/mol. The lowest BCUT2D eigenvalue weighted by Crippen LogP contribution is -2.51. The van der Waals surface area contributed by atoms with E-state index in [0.717, 1.165) is 42.4 Å². The zero-order chi connectivity index (χ0) is 16.2. The van der Waals surface area contributed by atoms with Crippen molar-refractivity contribution in [3.05, 3.63) is 12.2 Å². The van der Waals surface area contributed by atoms with Crippen LogP contribution < -0.4 is 0 Å². The average molecular weight is 319 g/mol. The van der Waals surface area contributed by atoms with E-state index in [1.807, 2.05) is 0 Å². The second-order valence-electron chi connectivity index (χ2n) is 9.43. The second kappa shape index (κ2) is 5.59. The molecule has 4 aliphatic carbocycles. The lowest BCUT2D eigenvalue weighted by atomic mass is 9.49. The van der Waals surface area contributed by atoms with Gasteiger partial charge in [0.25, 0.3) is 0 Å². The largest absolute Gasteiger partial charge is 0.387 e. The summed E-state index contributed by atoms with van der Waals surface area (Å²) in [4.78, 5) is 0. The van der Waals surface area contributed by atoms with Crippen LogP contribution in [0.1, 0.15) is 64.7 Å². The summed E-state index contributed by atoms with van der Waals surface area (Å²) in [6, 6.07) is 0. The molecule has 23 heavy (non-hydrogen) atoms. The number of fused-ring (bicyclic) bond motifs is 5. The summed E-state index contributed by atoms with van der Waals surface area (Å²) < 4.78 is 5.29. The lowest BCUT2D eigenvalue weighted by molar-refractivity contribution is -0.119. The molecule has 4 rings (SSSR count). The SMILES string of the molecule is C=C1CC[C@H]2[C@@H]3CCC4C[C@@](O)(COC)CC[C@@H]4[C@H]3CC[C@]12C. The van der Waals surface area contributed by atoms with E-state index in [1.165, 1.54) is 44.9 Å². The van der Waals surface area contributed by atoms with Crippen LogP contribution in [0.25, 0.3) is 0 Å². The summed E-state index contributed by atoms with van der Waals surface area (Å²) in [7, 11) is 1.72. The number of rotatable bonds is 2.